The molecule has 2 unspecified atom stereocenters. The lowest BCUT2D eigenvalue weighted by molar-refractivity contribution is -0.128. The first-order valence-electron chi connectivity index (χ1n) is 11.2. The molecule has 0 radical (unpaired) electrons. The van der Waals surface area contributed by atoms with Crippen molar-refractivity contribution in [2.45, 2.75) is 45.1 Å². The molecule has 2 atom stereocenters. The largest absolute Gasteiger partial charge is 0.367 e. The second-order valence-electron chi connectivity index (χ2n) is 8.48. The van der Waals surface area contributed by atoms with Crippen molar-refractivity contribution in [3.8, 4) is 0 Å². The quantitative estimate of drug-likeness (QED) is 0.574. The van der Waals surface area contributed by atoms with E-state index in [1.54, 1.807) is 19.2 Å². The van der Waals surface area contributed by atoms with Gasteiger partial charge in [-0.15, -0.1) is 0 Å². The lowest BCUT2D eigenvalue weighted by Gasteiger charge is -2.38. The Balaban J connectivity index is 1.42. The molecule has 2 aromatic carbocycles. The van der Waals surface area contributed by atoms with Crippen molar-refractivity contribution in [2.75, 3.05) is 26.7 Å². The highest BCUT2D eigenvalue weighted by molar-refractivity contribution is 5.80. The number of likely N-dealkylation sites (tertiary alicyclic amines) is 1. The van der Waals surface area contributed by atoms with E-state index in [1.807, 2.05) is 24.0 Å². The van der Waals surface area contributed by atoms with E-state index in [-0.39, 0.29) is 23.9 Å². The van der Waals surface area contributed by atoms with Crippen LogP contribution in [-0.4, -0.2) is 54.5 Å². The maximum absolute atomic E-state index is 13.3. The fourth-order valence-corrected chi connectivity index (χ4v) is 4.45. The van der Waals surface area contributed by atoms with Gasteiger partial charge in [0, 0.05) is 39.6 Å². The van der Waals surface area contributed by atoms with Crippen molar-refractivity contribution in [2.24, 2.45) is 4.99 Å². The minimum absolute atomic E-state index is 0.0193. The molecule has 2 aromatic rings. The van der Waals surface area contributed by atoms with Crippen LogP contribution in [0.1, 0.15) is 42.6 Å². The van der Waals surface area contributed by atoms with Gasteiger partial charge < -0.3 is 19.9 Å². The molecule has 0 aliphatic carbocycles. The van der Waals surface area contributed by atoms with Crippen molar-refractivity contribution < 1.29 is 13.9 Å². The lowest BCUT2D eigenvalue weighted by Crippen LogP contribution is -2.50. The Morgan fingerprint density at radius 3 is 2.59 bits per heavy atom. The zero-order chi connectivity index (χ0) is 22.5. The Morgan fingerprint density at radius 1 is 1.16 bits per heavy atom. The molecule has 1 amide bonds. The highest BCUT2D eigenvalue weighted by Gasteiger charge is 2.28. The third-order valence-electron chi connectivity index (χ3n) is 6.10. The van der Waals surface area contributed by atoms with Gasteiger partial charge in [0.15, 0.2) is 5.96 Å². The molecular weight excluding hydrogens is 407 g/mol. The lowest BCUT2D eigenvalue weighted by atomic mass is 10.1. The van der Waals surface area contributed by atoms with E-state index >= 15 is 0 Å². The normalized spacial score (nSPS) is 21.8. The topological polar surface area (TPSA) is 57.2 Å². The molecule has 170 valence electrons. The third kappa shape index (κ3) is 5.27. The van der Waals surface area contributed by atoms with Gasteiger partial charge in [-0.1, -0.05) is 36.4 Å². The van der Waals surface area contributed by atoms with E-state index < -0.39 is 0 Å². The Kier molecular flexibility index (Phi) is 7.05. The van der Waals surface area contributed by atoms with Gasteiger partial charge in [0.1, 0.15) is 11.9 Å². The van der Waals surface area contributed by atoms with Crippen molar-refractivity contribution >= 4 is 11.9 Å². The maximum atomic E-state index is 13.3. The van der Waals surface area contributed by atoms with E-state index in [0.717, 1.165) is 42.2 Å². The number of ether oxygens (including phenoxy) is 1. The fourth-order valence-electron chi connectivity index (χ4n) is 4.45. The minimum atomic E-state index is -0.249. The molecule has 7 heteroatoms. The van der Waals surface area contributed by atoms with Gasteiger partial charge in [-0.3, -0.25) is 9.79 Å². The second kappa shape index (κ2) is 10.1. The van der Waals surface area contributed by atoms with Gasteiger partial charge in [0.2, 0.25) is 5.91 Å². The molecule has 1 N–H and O–H groups in total. The first-order valence-corrected chi connectivity index (χ1v) is 11.2. The number of rotatable bonds is 5. The predicted molar refractivity (Wildman–Crippen MR) is 123 cm³/mol. The van der Waals surface area contributed by atoms with Crippen LogP contribution >= 0.6 is 0 Å². The number of benzene rings is 2. The van der Waals surface area contributed by atoms with Gasteiger partial charge in [0.25, 0.3) is 0 Å². The number of aliphatic imine (C=N–C) groups is 1. The van der Waals surface area contributed by atoms with Crippen molar-refractivity contribution in [1.29, 1.82) is 0 Å². The van der Waals surface area contributed by atoms with Gasteiger partial charge in [-0.05, 0) is 42.2 Å². The molecule has 2 aliphatic heterocycles. The number of morpholine rings is 1. The van der Waals surface area contributed by atoms with Gasteiger partial charge in [0.05, 0.1) is 12.6 Å². The zero-order valence-electron chi connectivity index (χ0n) is 18.8. The Hall–Kier alpha value is -2.93. The molecule has 2 aliphatic rings. The van der Waals surface area contributed by atoms with Crippen LogP contribution in [0.15, 0.2) is 53.5 Å². The highest BCUT2D eigenvalue weighted by atomic mass is 19.1. The molecule has 2 saturated heterocycles. The molecule has 0 spiro atoms. The number of carbonyl (C=O) groups is 1. The monoisotopic (exact) mass is 438 g/mol. The summed E-state index contributed by atoms with van der Waals surface area (Å²) in [6.07, 6.45) is 1.46. The highest BCUT2D eigenvalue weighted by Crippen LogP contribution is 2.25. The summed E-state index contributed by atoms with van der Waals surface area (Å²) in [5.41, 5.74) is 3.27. The van der Waals surface area contributed by atoms with Crippen LogP contribution in [0.2, 0.25) is 0 Å². The van der Waals surface area contributed by atoms with E-state index in [4.69, 9.17) is 4.74 Å². The summed E-state index contributed by atoms with van der Waals surface area (Å²) in [4.78, 5) is 20.7. The van der Waals surface area contributed by atoms with E-state index in [2.05, 4.69) is 27.3 Å². The predicted octanol–water partition coefficient (Wildman–Crippen LogP) is 3.49. The summed E-state index contributed by atoms with van der Waals surface area (Å²) in [7, 11) is 1.78. The van der Waals surface area contributed by atoms with Crippen LogP contribution in [0.4, 0.5) is 4.39 Å². The van der Waals surface area contributed by atoms with Crippen molar-refractivity contribution in [3.05, 3.63) is 71.0 Å². The van der Waals surface area contributed by atoms with Crippen LogP contribution in [0.5, 0.6) is 0 Å². The first kappa shape index (κ1) is 22.3. The molecule has 4 rings (SSSR count). The summed E-state index contributed by atoms with van der Waals surface area (Å²) in [5, 5.41) is 3.49. The van der Waals surface area contributed by atoms with Crippen LogP contribution in [0.3, 0.4) is 0 Å². The Bertz CT molecular complexity index is 963. The SMILES string of the molecule is CN=C(NCc1ccccc1CN1CCCC1=O)N1CC(C)OC(c2ccc(F)cc2)C1. The standard InChI is InChI=1S/C25H31FN4O2/c1-18-15-30(17-23(32-18)19-9-11-22(26)12-10-19)25(27-2)28-14-20-6-3-4-7-21(20)16-29-13-5-8-24(29)31/h3-4,6-7,9-12,18,23H,5,8,13-17H2,1-2H3,(H,27,28). The van der Waals surface area contributed by atoms with Crippen LogP contribution < -0.4 is 5.32 Å². The smallest absolute Gasteiger partial charge is 0.222 e. The van der Waals surface area contributed by atoms with Gasteiger partial charge in [-0.2, -0.15) is 0 Å². The summed E-state index contributed by atoms with van der Waals surface area (Å²) in [5.74, 6) is 0.790. The van der Waals surface area contributed by atoms with E-state index in [1.165, 1.54) is 12.1 Å². The summed E-state index contributed by atoms with van der Waals surface area (Å²) >= 11 is 0. The molecular formula is C25H31FN4O2. The van der Waals surface area contributed by atoms with E-state index in [9.17, 15) is 9.18 Å². The second-order valence-corrected chi connectivity index (χ2v) is 8.48. The van der Waals surface area contributed by atoms with Crippen LogP contribution in [-0.2, 0) is 22.6 Å². The summed E-state index contributed by atoms with van der Waals surface area (Å²) < 4.78 is 19.5. The molecule has 0 saturated carbocycles. The van der Waals surface area contributed by atoms with Crippen molar-refractivity contribution in [3.63, 3.8) is 0 Å². The zero-order valence-corrected chi connectivity index (χ0v) is 18.8. The maximum Gasteiger partial charge on any atom is 0.222 e. The molecule has 2 fully saturated rings. The number of nitrogens with zero attached hydrogens (tertiary/aromatic N) is 3. The molecule has 0 bridgehead atoms. The average Bonchev–Trinajstić information content (AvgIpc) is 3.19. The van der Waals surface area contributed by atoms with E-state index in [0.29, 0.717) is 26.1 Å². The van der Waals surface area contributed by atoms with Gasteiger partial charge >= 0.3 is 0 Å². The van der Waals surface area contributed by atoms with Crippen molar-refractivity contribution in [1.82, 2.24) is 15.1 Å². The number of guanidine groups is 1. The number of carbonyl (C=O) groups excluding carboxylic acids is 1. The minimum Gasteiger partial charge on any atom is -0.367 e. The number of amides is 1. The number of hydrogen-bond donors (Lipinski definition) is 1. The van der Waals surface area contributed by atoms with Gasteiger partial charge in [-0.25, -0.2) is 4.39 Å². The van der Waals surface area contributed by atoms with Crippen LogP contribution in [0.25, 0.3) is 0 Å². The first-order chi connectivity index (χ1) is 15.5. The Morgan fingerprint density at radius 2 is 1.91 bits per heavy atom. The summed E-state index contributed by atoms with van der Waals surface area (Å²) in [6.45, 7) is 5.51. The fraction of sp³-hybridized carbons (Fsp3) is 0.440. The number of nitrogens with one attached hydrogen (secondary N) is 1. The number of halogens is 1. The third-order valence-corrected chi connectivity index (χ3v) is 6.10. The average molecular weight is 439 g/mol. The number of hydrogen-bond acceptors (Lipinski definition) is 3. The summed E-state index contributed by atoms with van der Waals surface area (Å²) in [6, 6.07) is 14.7. The molecule has 0 aromatic heterocycles. The molecule has 2 heterocycles. The molecule has 6 nitrogen and oxygen atoms in total. The Labute approximate surface area is 189 Å². The van der Waals surface area contributed by atoms with Crippen LogP contribution in [0, 0.1) is 5.82 Å². The molecule has 32 heavy (non-hydrogen) atoms.